The van der Waals surface area contributed by atoms with Crippen molar-refractivity contribution in [2.75, 3.05) is 13.2 Å². The van der Waals surface area contributed by atoms with Gasteiger partial charge in [-0.15, -0.1) is 0 Å². The average molecular weight is 1050 g/mol. The molecule has 0 radical (unpaired) electrons. The summed E-state index contributed by atoms with van der Waals surface area (Å²) in [5, 5.41) is 0. The van der Waals surface area contributed by atoms with Gasteiger partial charge in [0.15, 0.2) is 6.10 Å². The van der Waals surface area contributed by atoms with Crippen LogP contribution in [0.5, 0.6) is 0 Å². The van der Waals surface area contributed by atoms with E-state index in [1.165, 1.54) is 199 Å². The van der Waals surface area contributed by atoms with Crippen molar-refractivity contribution in [3.63, 3.8) is 0 Å². The van der Waals surface area contributed by atoms with Gasteiger partial charge in [-0.1, -0.05) is 300 Å². The summed E-state index contributed by atoms with van der Waals surface area (Å²) in [7, 11) is 0. The molecule has 0 saturated carbocycles. The molecule has 436 valence electrons. The Hall–Kier alpha value is -2.89. The number of esters is 3. The fraction of sp³-hybridized carbons (Fsp3) is 0.812. The van der Waals surface area contributed by atoms with Crippen LogP contribution in [0.1, 0.15) is 342 Å². The third-order valence-corrected chi connectivity index (χ3v) is 14.5. The molecule has 0 fully saturated rings. The summed E-state index contributed by atoms with van der Waals surface area (Å²) in [6, 6.07) is 0. The van der Waals surface area contributed by atoms with E-state index in [1.807, 2.05) is 0 Å². The van der Waals surface area contributed by atoms with E-state index in [1.54, 1.807) is 0 Å². The zero-order chi connectivity index (χ0) is 54.3. The lowest BCUT2D eigenvalue weighted by atomic mass is 10.0. The van der Waals surface area contributed by atoms with Gasteiger partial charge in [0.05, 0.1) is 0 Å². The van der Waals surface area contributed by atoms with Gasteiger partial charge in [-0.25, -0.2) is 0 Å². The molecule has 75 heavy (non-hydrogen) atoms. The van der Waals surface area contributed by atoms with Crippen LogP contribution in [-0.2, 0) is 28.6 Å². The molecule has 6 heteroatoms. The van der Waals surface area contributed by atoms with Crippen molar-refractivity contribution in [3.8, 4) is 0 Å². The van der Waals surface area contributed by atoms with Crippen LogP contribution in [0.3, 0.4) is 0 Å². The second kappa shape index (κ2) is 63.6. The van der Waals surface area contributed by atoms with Crippen LogP contribution < -0.4 is 0 Å². The molecule has 1 unspecified atom stereocenters. The van der Waals surface area contributed by atoms with Crippen molar-refractivity contribution in [1.29, 1.82) is 0 Å². The Morgan fingerprint density at radius 3 is 0.827 bits per heavy atom. The monoisotopic (exact) mass is 1050 g/mol. The van der Waals surface area contributed by atoms with Crippen molar-refractivity contribution >= 4 is 17.9 Å². The van der Waals surface area contributed by atoms with E-state index < -0.39 is 6.10 Å². The van der Waals surface area contributed by atoms with Crippen molar-refractivity contribution in [3.05, 3.63) is 60.8 Å². The van der Waals surface area contributed by atoms with Gasteiger partial charge in [0.2, 0.25) is 0 Å². The first-order chi connectivity index (χ1) is 37.0. The molecule has 0 aliphatic carbocycles. The van der Waals surface area contributed by atoms with Crippen molar-refractivity contribution in [2.24, 2.45) is 0 Å². The zero-order valence-corrected chi connectivity index (χ0v) is 50.1. The van der Waals surface area contributed by atoms with Crippen LogP contribution >= 0.6 is 0 Å². The van der Waals surface area contributed by atoms with Crippen molar-refractivity contribution in [1.82, 2.24) is 0 Å². The van der Waals surface area contributed by atoms with Crippen LogP contribution in [0.4, 0.5) is 0 Å². The van der Waals surface area contributed by atoms with Gasteiger partial charge in [-0.05, 0) is 83.5 Å². The molecule has 0 saturated heterocycles. The fourth-order valence-corrected chi connectivity index (χ4v) is 9.61. The maximum atomic E-state index is 12.9. The van der Waals surface area contributed by atoms with E-state index in [9.17, 15) is 14.4 Å². The second-order valence-corrected chi connectivity index (χ2v) is 22.0. The van der Waals surface area contributed by atoms with Crippen LogP contribution in [-0.4, -0.2) is 37.2 Å². The topological polar surface area (TPSA) is 78.9 Å². The largest absolute Gasteiger partial charge is 0.462 e. The lowest BCUT2D eigenvalue weighted by molar-refractivity contribution is -0.167. The average Bonchev–Trinajstić information content (AvgIpc) is 3.41. The summed E-state index contributed by atoms with van der Waals surface area (Å²) in [4.78, 5) is 38.3. The Labute approximate surface area is 466 Å². The molecule has 0 bridgehead atoms. The quantitative estimate of drug-likeness (QED) is 0.0261. The number of ether oxygens (including phenoxy) is 3. The molecule has 0 rings (SSSR count). The third-order valence-electron chi connectivity index (χ3n) is 14.5. The van der Waals surface area contributed by atoms with E-state index in [0.29, 0.717) is 19.3 Å². The maximum Gasteiger partial charge on any atom is 0.306 e. The Morgan fingerprint density at radius 1 is 0.280 bits per heavy atom. The number of unbranched alkanes of at least 4 members (excludes halogenated alkanes) is 39. The summed E-state index contributed by atoms with van der Waals surface area (Å²) < 4.78 is 16.9. The number of carbonyl (C=O) groups is 3. The number of rotatable bonds is 60. The molecule has 0 aliphatic rings. The number of allylic oxidation sites excluding steroid dienone is 10. The lowest BCUT2D eigenvalue weighted by Gasteiger charge is -2.18. The highest BCUT2D eigenvalue weighted by atomic mass is 16.6. The SMILES string of the molecule is CC/C=C\C/C=C\C/C=C\C/C=C\CCCCCCCCC(=O)OC(COC(=O)CCCCCCC/C=C\CCCCCCC)COC(=O)CCCCCCCCCCCCCCCCCCCCCCCCCC. The first-order valence-corrected chi connectivity index (χ1v) is 32.8. The highest BCUT2D eigenvalue weighted by Crippen LogP contribution is 2.17. The zero-order valence-electron chi connectivity index (χ0n) is 50.1. The Balaban J connectivity index is 4.30. The van der Waals surface area contributed by atoms with Crippen LogP contribution in [0.15, 0.2) is 60.8 Å². The molecular formula is C69H124O6. The number of hydrogen-bond acceptors (Lipinski definition) is 6. The molecule has 0 amide bonds. The van der Waals surface area contributed by atoms with Gasteiger partial charge < -0.3 is 14.2 Å². The second-order valence-electron chi connectivity index (χ2n) is 22.0. The highest BCUT2D eigenvalue weighted by Gasteiger charge is 2.19. The highest BCUT2D eigenvalue weighted by molar-refractivity contribution is 5.71. The smallest absolute Gasteiger partial charge is 0.306 e. The normalized spacial score (nSPS) is 12.4. The molecule has 1 atom stereocenters. The lowest BCUT2D eigenvalue weighted by Crippen LogP contribution is -2.30. The number of hydrogen-bond donors (Lipinski definition) is 0. The fourth-order valence-electron chi connectivity index (χ4n) is 9.61. The van der Waals surface area contributed by atoms with E-state index in [-0.39, 0.29) is 31.1 Å². The first kappa shape index (κ1) is 72.1. The summed E-state index contributed by atoms with van der Waals surface area (Å²) in [5.41, 5.74) is 0. The van der Waals surface area contributed by atoms with Gasteiger partial charge in [0.1, 0.15) is 13.2 Å². The minimum absolute atomic E-state index is 0.0795. The van der Waals surface area contributed by atoms with E-state index in [0.717, 1.165) is 103 Å². The molecule has 0 spiro atoms. The maximum absolute atomic E-state index is 12.9. The van der Waals surface area contributed by atoms with E-state index >= 15 is 0 Å². The Bertz CT molecular complexity index is 1340. The molecule has 6 nitrogen and oxygen atoms in total. The van der Waals surface area contributed by atoms with Crippen LogP contribution in [0.25, 0.3) is 0 Å². The van der Waals surface area contributed by atoms with Gasteiger partial charge in [-0.3, -0.25) is 14.4 Å². The predicted molar refractivity (Wildman–Crippen MR) is 325 cm³/mol. The van der Waals surface area contributed by atoms with Crippen LogP contribution in [0.2, 0.25) is 0 Å². The first-order valence-electron chi connectivity index (χ1n) is 32.8. The summed E-state index contributed by atoms with van der Waals surface area (Å²) in [6.07, 6.45) is 80.9. The standard InChI is InChI=1S/C69H124O6/c1-4-7-10-13-16-19-22-25-28-30-32-33-34-35-36-38-39-41-44-47-50-53-56-59-62-68(71)74-65-66(64-73-67(70)61-58-55-52-49-46-43-27-24-21-18-15-12-9-6-3)75-69(72)63-60-57-54-51-48-45-42-40-37-31-29-26-23-20-17-14-11-8-5-2/h8,11,17,20,24,26-27,29,37,40,66H,4-7,9-10,12-16,18-19,21-23,25,28,30-36,38-39,41-65H2,1-3H3/b11-8-,20-17-,27-24-,29-26-,40-37-. The van der Waals surface area contributed by atoms with Gasteiger partial charge in [0, 0.05) is 19.3 Å². The van der Waals surface area contributed by atoms with Gasteiger partial charge in [0.25, 0.3) is 0 Å². The Morgan fingerprint density at radius 2 is 0.520 bits per heavy atom. The molecule has 0 heterocycles. The van der Waals surface area contributed by atoms with Crippen molar-refractivity contribution < 1.29 is 28.6 Å². The summed E-state index contributed by atoms with van der Waals surface area (Å²) in [6.45, 7) is 6.55. The molecule has 0 aromatic heterocycles. The van der Waals surface area contributed by atoms with Gasteiger partial charge in [-0.2, -0.15) is 0 Å². The van der Waals surface area contributed by atoms with Crippen LogP contribution in [0, 0.1) is 0 Å². The molecule has 0 N–H and O–H groups in total. The predicted octanol–water partition coefficient (Wildman–Crippen LogP) is 22.3. The molecule has 0 aliphatic heterocycles. The van der Waals surface area contributed by atoms with E-state index in [2.05, 4.69) is 81.5 Å². The summed E-state index contributed by atoms with van der Waals surface area (Å²) >= 11 is 0. The summed E-state index contributed by atoms with van der Waals surface area (Å²) in [5.74, 6) is -0.884. The van der Waals surface area contributed by atoms with E-state index in [4.69, 9.17) is 14.2 Å². The molecule has 0 aromatic carbocycles. The number of carbonyl (C=O) groups excluding carboxylic acids is 3. The minimum Gasteiger partial charge on any atom is -0.462 e. The van der Waals surface area contributed by atoms with Gasteiger partial charge >= 0.3 is 17.9 Å². The van der Waals surface area contributed by atoms with Crippen molar-refractivity contribution in [2.45, 2.75) is 348 Å². The molecular weight excluding hydrogens is 925 g/mol. The minimum atomic E-state index is -0.785. The molecule has 0 aromatic rings. The third kappa shape index (κ3) is 61.8. The Kier molecular flexibility index (Phi) is 61.2.